The summed E-state index contributed by atoms with van der Waals surface area (Å²) in [6.07, 6.45) is 0.582. The largest absolute Gasteiger partial charge is 0.497 e. The standard InChI is InChI=1S/C24H24Cl2N2O4S/c1-17-6-12-20(13-7-17)33(30,31)28(22-5-3-4-21(25)24(22)26)16-23(29)27-15-14-18-8-10-19(32-2)11-9-18/h3-13H,14-16H2,1-2H3,(H,27,29). The van der Waals surface area contributed by atoms with Crippen molar-refractivity contribution in [2.75, 3.05) is 24.5 Å². The maximum absolute atomic E-state index is 13.4. The van der Waals surface area contributed by atoms with E-state index < -0.39 is 22.5 Å². The number of halogens is 2. The van der Waals surface area contributed by atoms with Crippen molar-refractivity contribution >= 4 is 44.8 Å². The Balaban J connectivity index is 1.79. The van der Waals surface area contributed by atoms with Crippen LogP contribution in [0.25, 0.3) is 0 Å². The number of amides is 1. The van der Waals surface area contributed by atoms with Gasteiger partial charge in [0, 0.05) is 6.54 Å². The van der Waals surface area contributed by atoms with E-state index >= 15 is 0 Å². The summed E-state index contributed by atoms with van der Waals surface area (Å²) in [6.45, 7) is 1.75. The van der Waals surface area contributed by atoms with Crippen LogP contribution in [0, 0.1) is 6.92 Å². The second kappa shape index (κ2) is 10.9. The molecule has 0 bridgehead atoms. The Hall–Kier alpha value is -2.74. The molecule has 3 aromatic rings. The van der Waals surface area contributed by atoms with Gasteiger partial charge in [-0.05, 0) is 55.3 Å². The number of nitrogens with zero attached hydrogens (tertiary/aromatic N) is 1. The molecule has 0 aromatic heterocycles. The molecule has 0 unspecified atom stereocenters. The van der Waals surface area contributed by atoms with Gasteiger partial charge < -0.3 is 10.1 Å². The molecule has 3 rings (SSSR count). The topological polar surface area (TPSA) is 75.7 Å². The van der Waals surface area contributed by atoms with E-state index in [1.807, 2.05) is 31.2 Å². The zero-order valence-electron chi connectivity index (χ0n) is 18.2. The van der Waals surface area contributed by atoms with Gasteiger partial charge in [0.25, 0.3) is 10.0 Å². The van der Waals surface area contributed by atoms with E-state index in [2.05, 4.69) is 5.32 Å². The summed E-state index contributed by atoms with van der Waals surface area (Å²) in [6, 6.07) is 18.5. The van der Waals surface area contributed by atoms with Gasteiger partial charge in [0.1, 0.15) is 12.3 Å². The highest BCUT2D eigenvalue weighted by atomic mass is 35.5. The molecule has 33 heavy (non-hydrogen) atoms. The summed E-state index contributed by atoms with van der Waals surface area (Å²) in [4.78, 5) is 12.8. The van der Waals surface area contributed by atoms with Gasteiger partial charge in [-0.25, -0.2) is 8.42 Å². The van der Waals surface area contributed by atoms with E-state index in [1.54, 1.807) is 31.4 Å². The highest BCUT2D eigenvalue weighted by Gasteiger charge is 2.29. The summed E-state index contributed by atoms with van der Waals surface area (Å²) in [5.74, 6) is 0.286. The van der Waals surface area contributed by atoms with Gasteiger partial charge >= 0.3 is 0 Å². The quantitative estimate of drug-likeness (QED) is 0.449. The Morgan fingerprint density at radius 3 is 2.30 bits per heavy atom. The number of aryl methyl sites for hydroxylation is 1. The lowest BCUT2D eigenvalue weighted by Gasteiger charge is -2.25. The third kappa shape index (κ3) is 6.19. The Bertz CT molecular complexity index is 1210. The number of ether oxygens (including phenoxy) is 1. The van der Waals surface area contributed by atoms with Crippen molar-refractivity contribution in [1.82, 2.24) is 5.32 Å². The van der Waals surface area contributed by atoms with Crippen LogP contribution in [0.1, 0.15) is 11.1 Å². The predicted octanol–water partition coefficient (Wildman–Crippen LogP) is 4.86. The number of nitrogens with one attached hydrogen (secondary N) is 1. The third-order valence-corrected chi connectivity index (χ3v) is 7.57. The molecule has 3 aromatic carbocycles. The van der Waals surface area contributed by atoms with E-state index in [4.69, 9.17) is 27.9 Å². The maximum Gasteiger partial charge on any atom is 0.264 e. The number of methoxy groups -OCH3 is 1. The molecule has 0 aliphatic rings. The summed E-state index contributed by atoms with van der Waals surface area (Å²) >= 11 is 12.4. The van der Waals surface area contributed by atoms with E-state index in [9.17, 15) is 13.2 Å². The number of rotatable bonds is 9. The Kier molecular flexibility index (Phi) is 8.24. The molecular weight excluding hydrogens is 483 g/mol. The minimum absolute atomic E-state index is 0.0511. The lowest BCUT2D eigenvalue weighted by Crippen LogP contribution is -2.41. The molecule has 0 saturated carbocycles. The molecule has 0 aliphatic heterocycles. The zero-order valence-corrected chi connectivity index (χ0v) is 20.5. The smallest absolute Gasteiger partial charge is 0.264 e. The average Bonchev–Trinajstić information content (AvgIpc) is 2.80. The first-order valence-electron chi connectivity index (χ1n) is 10.2. The Labute approximate surface area is 204 Å². The lowest BCUT2D eigenvalue weighted by atomic mass is 10.1. The highest BCUT2D eigenvalue weighted by molar-refractivity contribution is 7.92. The van der Waals surface area contributed by atoms with E-state index in [1.165, 1.54) is 18.2 Å². The summed E-state index contributed by atoms with van der Waals surface area (Å²) in [5, 5.41) is 3.02. The molecule has 174 valence electrons. The average molecular weight is 507 g/mol. The Morgan fingerprint density at radius 1 is 1.00 bits per heavy atom. The van der Waals surface area contributed by atoms with Crippen molar-refractivity contribution in [2.24, 2.45) is 0 Å². The minimum Gasteiger partial charge on any atom is -0.497 e. The number of carbonyl (C=O) groups is 1. The first-order valence-corrected chi connectivity index (χ1v) is 12.3. The summed E-state index contributed by atoms with van der Waals surface area (Å²) < 4.78 is 33.0. The summed E-state index contributed by atoms with van der Waals surface area (Å²) in [5.41, 5.74) is 2.06. The molecule has 0 aliphatic carbocycles. The fourth-order valence-corrected chi connectivity index (χ4v) is 5.03. The molecule has 9 heteroatoms. The molecular formula is C24H24Cl2N2O4S. The van der Waals surface area contributed by atoms with Crippen molar-refractivity contribution in [1.29, 1.82) is 0 Å². The van der Waals surface area contributed by atoms with E-state index in [0.717, 1.165) is 21.2 Å². The van der Waals surface area contributed by atoms with Gasteiger partial charge in [-0.2, -0.15) is 0 Å². The van der Waals surface area contributed by atoms with Crippen LogP contribution in [-0.2, 0) is 21.2 Å². The predicted molar refractivity (Wildman–Crippen MR) is 132 cm³/mol. The van der Waals surface area contributed by atoms with Crippen molar-refractivity contribution in [3.8, 4) is 5.75 Å². The number of carbonyl (C=O) groups excluding carboxylic acids is 1. The molecule has 0 radical (unpaired) electrons. The monoisotopic (exact) mass is 506 g/mol. The minimum atomic E-state index is -4.07. The molecule has 0 heterocycles. The van der Waals surface area contributed by atoms with Crippen LogP contribution in [0.5, 0.6) is 5.75 Å². The first kappa shape index (κ1) is 24.9. The van der Waals surface area contributed by atoms with Gasteiger partial charge in [-0.3, -0.25) is 9.10 Å². The molecule has 1 amide bonds. The van der Waals surface area contributed by atoms with Gasteiger partial charge in [-0.1, -0.05) is 59.1 Å². The van der Waals surface area contributed by atoms with Crippen LogP contribution in [-0.4, -0.2) is 34.5 Å². The van der Waals surface area contributed by atoms with Crippen LogP contribution in [0.3, 0.4) is 0 Å². The normalized spacial score (nSPS) is 11.2. The highest BCUT2D eigenvalue weighted by Crippen LogP contribution is 2.35. The number of hydrogen-bond donors (Lipinski definition) is 1. The van der Waals surface area contributed by atoms with E-state index in [0.29, 0.717) is 13.0 Å². The fourth-order valence-electron chi connectivity index (χ4n) is 3.15. The van der Waals surface area contributed by atoms with Crippen molar-refractivity contribution in [3.05, 3.63) is 87.9 Å². The van der Waals surface area contributed by atoms with Crippen LogP contribution < -0.4 is 14.4 Å². The number of hydrogen-bond acceptors (Lipinski definition) is 4. The number of sulfonamides is 1. The van der Waals surface area contributed by atoms with Crippen LogP contribution in [0.4, 0.5) is 5.69 Å². The molecule has 0 spiro atoms. The molecule has 6 nitrogen and oxygen atoms in total. The maximum atomic E-state index is 13.4. The zero-order chi connectivity index (χ0) is 24.0. The van der Waals surface area contributed by atoms with Crippen LogP contribution in [0.2, 0.25) is 10.0 Å². The van der Waals surface area contributed by atoms with Gasteiger partial charge in [0.05, 0.1) is 27.7 Å². The molecule has 0 fully saturated rings. The number of benzene rings is 3. The van der Waals surface area contributed by atoms with Gasteiger partial charge in [-0.15, -0.1) is 0 Å². The van der Waals surface area contributed by atoms with E-state index in [-0.39, 0.29) is 20.6 Å². The van der Waals surface area contributed by atoms with Crippen molar-refractivity contribution in [3.63, 3.8) is 0 Å². The van der Waals surface area contributed by atoms with Gasteiger partial charge in [0.2, 0.25) is 5.91 Å². The van der Waals surface area contributed by atoms with Crippen molar-refractivity contribution < 1.29 is 17.9 Å². The SMILES string of the molecule is COc1ccc(CCNC(=O)CN(c2cccc(Cl)c2Cl)S(=O)(=O)c2ccc(C)cc2)cc1. The van der Waals surface area contributed by atoms with Crippen LogP contribution >= 0.6 is 23.2 Å². The van der Waals surface area contributed by atoms with Crippen molar-refractivity contribution in [2.45, 2.75) is 18.2 Å². The lowest BCUT2D eigenvalue weighted by molar-refractivity contribution is -0.119. The molecule has 1 N–H and O–H groups in total. The third-order valence-electron chi connectivity index (χ3n) is 4.99. The van der Waals surface area contributed by atoms with Crippen LogP contribution in [0.15, 0.2) is 71.6 Å². The van der Waals surface area contributed by atoms with Gasteiger partial charge in [0.15, 0.2) is 0 Å². The molecule has 0 saturated heterocycles. The second-order valence-electron chi connectivity index (χ2n) is 7.35. The summed E-state index contributed by atoms with van der Waals surface area (Å²) in [7, 11) is -2.48. The Morgan fingerprint density at radius 2 is 1.67 bits per heavy atom. The fraction of sp³-hybridized carbons (Fsp3) is 0.208. The first-order chi connectivity index (χ1) is 15.7. The second-order valence-corrected chi connectivity index (χ2v) is 9.99. The molecule has 0 atom stereocenters. The number of anilines is 1.